The Labute approximate surface area is 161 Å². The molecule has 1 atom stereocenters. The number of hydrogen-bond donors (Lipinski definition) is 0. The smallest absolute Gasteiger partial charge is 0.123 e. The number of hydrazone groups is 1. The Morgan fingerprint density at radius 2 is 1.38 bits per heavy atom. The molecule has 4 rings (SSSR count). The van der Waals surface area contributed by atoms with Crippen LogP contribution in [0.15, 0.2) is 77.9 Å². The highest BCUT2D eigenvalue weighted by molar-refractivity contribution is 6.31. The molecule has 0 aliphatic carbocycles. The van der Waals surface area contributed by atoms with Crippen molar-refractivity contribution in [3.05, 3.63) is 99.8 Å². The van der Waals surface area contributed by atoms with E-state index in [1.165, 1.54) is 12.1 Å². The molecule has 0 radical (unpaired) electrons. The zero-order chi connectivity index (χ0) is 18.1. The molecule has 2 nitrogen and oxygen atoms in total. The molecule has 26 heavy (non-hydrogen) atoms. The third-order valence-corrected chi connectivity index (χ3v) is 4.94. The topological polar surface area (TPSA) is 15.6 Å². The number of rotatable bonds is 3. The molecule has 0 aromatic heterocycles. The zero-order valence-corrected chi connectivity index (χ0v) is 15.3. The molecule has 0 N–H and O–H groups in total. The van der Waals surface area contributed by atoms with E-state index < -0.39 is 0 Å². The molecule has 0 fully saturated rings. The van der Waals surface area contributed by atoms with Crippen molar-refractivity contribution in [2.24, 2.45) is 5.10 Å². The highest BCUT2D eigenvalue weighted by Crippen LogP contribution is 2.37. The molecule has 1 aliphatic rings. The monoisotopic (exact) mass is 384 g/mol. The van der Waals surface area contributed by atoms with Gasteiger partial charge in [0.1, 0.15) is 5.82 Å². The Morgan fingerprint density at radius 1 is 0.808 bits per heavy atom. The standard InChI is InChI=1S/C21H15Cl2FN2/c22-16-5-1-14(2-6-16)20-13-21(15-3-9-18(24)10-4-15)26(25-20)19-11-7-17(23)8-12-19/h1-12,21H,13H2. The molecule has 5 heteroatoms. The zero-order valence-electron chi connectivity index (χ0n) is 13.7. The summed E-state index contributed by atoms with van der Waals surface area (Å²) in [5, 5.41) is 8.17. The van der Waals surface area contributed by atoms with Gasteiger partial charge in [-0.3, -0.25) is 5.01 Å². The largest absolute Gasteiger partial charge is 0.257 e. The van der Waals surface area contributed by atoms with Gasteiger partial charge in [-0.15, -0.1) is 0 Å². The van der Waals surface area contributed by atoms with Gasteiger partial charge < -0.3 is 0 Å². The van der Waals surface area contributed by atoms with E-state index in [2.05, 4.69) is 0 Å². The Morgan fingerprint density at radius 3 is 2.00 bits per heavy atom. The summed E-state index contributed by atoms with van der Waals surface area (Å²) in [5.74, 6) is -0.247. The minimum Gasteiger partial charge on any atom is -0.257 e. The van der Waals surface area contributed by atoms with Crippen molar-refractivity contribution in [2.45, 2.75) is 12.5 Å². The van der Waals surface area contributed by atoms with Gasteiger partial charge in [-0.2, -0.15) is 5.10 Å². The summed E-state index contributed by atoms with van der Waals surface area (Å²) in [6.45, 7) is 0. The van der Waals surface area contributed by atoms with Crippen LogP contribution < -0.4 is 5.01 Å². The lowest BCUT2D eigenvalue weighted by Crippen LogP contribution is -2.18. The molecule has 3 aromatic rings. The average molecular weight is 385 g/mol. The van der Waals surface area contributed by atoms with Crippen molar-refractivity contribution in [3.63, 3.8) is 0 Å². The van der Waals surface area contributed by atoms with Crippen LogP contribution in [0.4, 0.5) is 10.1 Å². The minimum absolute atomic E-state index is 0.0116. The van der Waals surface area contributed by atoms with Gasteiger partial charge in [0.05, 0.1) is 17.4 Å². The molecule has 0 bridgehead atoms. The van der Waals surface area contributed by atoms with E-state index in [0.717, 1.165) is 28.9 Å². The molecule has 0 amide bonds. The van der Waals surface area contributed by atoms with Gasteiger partial charge in [0.25, 0.3) is 0 Å². The first-order chi connectivity index (χ1) is 12.6. The summed E-state index contributed by atoms with van der Waals surface area (Å²) in [5.41, 5.74) is 3.94. The van der Waals surface area contributed by atoms with Gasteiger partial charge in [-0.1, -0.05) is 47.5 Å². The van der Waals surface area contributed by atoms with Crippen molar-refractivity contribution in [1.82, 2.24) is 0 Å². The van der Waals surface area contributed by atoms with Crippen LogP contribution in [0.1, 0.15) is 23.6 Å². The van der Waals surface area contributed by atoms with E-state index >= 15 is 0 Å². The molecule has 1 unspecified atom stereocenters. The van der Waals surface area contributed by atoms with Crippen molar-refractivity contribution in [2.75, 3.05) is 5.01 Å². The predicted octanol–water partition coefficient (Wildman–Crippen LogP) is 6.49. The molecule has 0 saturated carbocycles. The second kappa shape index (κ2) is 7.10. The predicted molar refractivity (Wildman–Crippen MR) is 106 cm³/mol. The molecular weight excluding hydrogens is 370 g/mol. The first kappa shape index (κ1) is 17.1. The molecule has 1 heterocycles. The number of benzene rings is 3. The van der Waals surface area contributed by atoms with Crippen LogP contribution in [0.3, 0.4) is 0 Å². The highest BCUT2D eigenvalue weighted by atomic mass is 35.5. The van der Waals surface area contributed by atoms with Gasteiger partial charge in [-0.05, 0) is 59.7 Å². The van der Waals surface area contributed by atoms with Crippen LogP contribution in [0.5, 0.6) is 0 Å². The summed E-state index contributed by atoms with van der Waals surface area (Å²) in [6.07, 6.45) is 0.718. The fourth-order valence-corrected chi connectivity index (χ4v) is 3.36. The minimum atomic E-state index is -0.247. The van der Waals surface area contributed by atoms with Crippen molar-refractivity contribution in [3.8, 4) is 0 Å². The maximum Gasteiger partial charge on any atom is 0.123 e. The Balaban J connectivity index is 1.74. The number of anilines is 1. The molecule has 130 valence electrons. The second-order valence-electron chi connectivity index (χ2n) is 6.15. The van der Waals surface area contributed by atoms with E-state index in [-0.39, 0.29) is 11.9 Å². The first-order valence-corrected chi connectivity index (χ1v) is 8.99. The van der Waals surface area contributed by atoms with E-state index in [1.54, 1.807) is 0 Å². The second-order valence-corrected chi connectivity index (χ2v) is 7.02. The Hall–Kier alpha value is -2.36. The number of hydrogen-bond acceptors (Lipinski definition) is 2. The Bertz CT molecular complexity index is 935. The van der Waals surface area contributed by atoms with E-state index in [0.29, 0.717) is 10.0 Å². The van der Waals surface area contributed by atoms with Crippen molar-refractivity contribution in [1.29, 1.82) is 0 Å². The Kier molecular flexibility index (Phi) is 4.66. The van der Waals surface area contributed by atoms with Gasteiger partial charge in [0.2, 0.25) is 0 Å². The maximum atomic E-state index is 13.3. The molecule has 1 aliphatic heterocycles. The van der Waals surface area contributed by atoms with Gasteiger partial charge in [0.15, 0.2) is 0 Å². The number of halogens is 3. The fourth-order valence-electron chi connectivity index (χ4n) is 3.10. The third kappa shape index (κ3) is 3.46. The van der Waals surface area contributed by atoms with Gasteiger partial charge in [0, 0.05) is 16.5 Å². The average Bonchev–Trinajstić information content (AvgIpc) is 3.09. The molecule has 0 saturated heterocycles. The lowest BCUT2D eigenvalue weighted by atomic mass is 9.98. The summed E-state index contributed by atoms with van der Waals surface area (Å²) < 4.78 is 13.3. The van der Waals surface area contributed by atoms with Crippen molar-refractivity contribution < 1.29 is 4.39 Å². The lowest BCUT2D eigenvalue weighted by Gasteiger charge is -2.24. The fraction of sp³-hybridized carbons (Fsp3) is 0.0952. The van der Waals surface area contributed by atoms with Crippen LogP contribution in [0.25, 0.3) is 0 Å². The first-order valence-electron chi connectivity index (χ1n) is 8.24. The molecule has 0 spiro atoms. The summed E-state index contributed by atoms with van der Waals surface area (Å²) in [6, 6.07) is 21.8. The molecular formula is C21H15Cl2FN2. The SMILES string of the molecule is Fc1ccc(C2CC(c3ccc(Cl)cc3)=NN2c2ccc(Cl)cc2)cc1. The van der Waals surface area contributed by atoms with E-state index in [4.69, 9.17) is 28.3 Å². The third-order valence-electron chi connectivity index (χ3n) is 4.43. The van der Waals surface area contributed by atoms with Crippen LogP contribution in [0, 0.1) is 5.82 Å². The summed E-state index contributed by atoms with van der Waals surface area (Å²) >= 11 is 12.0. The normalized spacial score (nSPS) is 16.7. The maximum absolute atomic E-state index is 13.3. The van der Waals surface area contributed by atoms with E-state index in [1.807, 2.05) is 65.7 Å². The summed E-state index contributed by atoms with van der Waals surface area (Å²) in [7, 11) is 0. The van der Waals surface area contributed by atoms with E-state index in [9.17, 15) is 4.39 Å². The van der Waals surface area contributed by atoms with Crippen molar-refractivity contribution >= 4 is 34.6 Å². The van der Waals surface area contributed by atoms with Crippen LogP contribution in [-0.4, -0.2) is 5.71 Å². The van der Waals surface area contributed by atoms with Crippen LogP contribution in [0.2, 0.25) is 10.0 Å². The lowest BCUT2D eigenvalue weighted by molar-refractivity contribution is 0.624. The highest BCUT2D eigenvalue weighted by Gasteiger charge is 2.29. The molecule has 3 aromatic carbocycles. The van der Waals surface area contributed by atoms with Crippen LogP contribution in [-0.2, 0) is 0 Å². The number of nitrogens with zero attached hydrogens (tertiary/aromatic N) is 2. The van der Waals surface area contributed by atoms with Gasteiger partial charge >= 0.3 is 0 Å². The summed E-state index contributed by atoms with van der Waals surface area (Å²) in [4.78, 5) is 0. The quantitative estimate of drug-likeness (QED) is 0.503. The van der Waals surface area contributed by atoms with Crippen LogP contribution >= 0.6 is 23.2 Å². The van der Waals surface area contributed by atoms with Gasteiger partial charge in [-0.25, -0.2) is 4.39 Å².